The fourth-order valence-electron chi connectivity index (χ4n) is 0.642. The molecule has 0 atom stereocenters. The van der Waals surface area contributed by atoms with Crippen LogP contribution in [-0.4, -0.2) is 82.9 Å². The van der Waals surface area contributed by atoms with Crippen LogP contribution >= 0.6 is 0 Å². The van der Waals surface area contributed by atoms with E-state index in [1.807, 2.05) is 13.8 Å². The van der Waals surface area contributed by atoms with Crippen LogP contribution in [0, 0.1) is 0 Å². The van der Waals surface area contributed by atoms with Crippen LogP contribution < -0.4 is 0 Å². The zero-order chi connectivity index (χ0) is 13.2. The van der Waals surface area contributed by atoms with Gasteiger partial charge in [0.2, 0.25) is 0 Å². The summed E-state index contributed by atoms with van der Waals surface area (Å²) in [5, 5.41) is 0. The molecule has 17 heavy (non-hydrogen) atoms. The molecule has 0 aliphatic heterocycles. The third kappa shape index (κ3) is 31.7. The fraction of sp³-hybridized carbons (Fsp3) is 1.00. The Bertz CT molecular complexity index is 312. The van der Waals surface area contributed by atoms with Gasteiger partial charge in [0.15, 0.2) is 0 Å². The molecule has 6 nitrogen and oxygen atoms in total. The number of unbranched alkanes of at least 4 members (excludes halogenated alkanes) is 2. The van der Waals surface area contributed by atoms with Gasteiger partial charge >= 0.3 is 45.5 Å². The van der Waals surface area contributed by atoms with Gasteiger partial charge in [-0.3, -0.25) is 0 Å². The maximum atomic E-state index is 9.83. The van der Waals surface area contributed by atoms with Gasteiger partial charge in [0.1, 0.15) is 0 Å². The average Bonchev–Trinajstić information content (AvgIpc) is 2.10. The molecule has 0 rings (SSSR count). The van der Waals surface area contributed by atoms with Crippen LogP contribution in [0.5, 0.6) is 0 Å². The van der Waals surface area contributed by atoms with Gasteiger partial charge in [-0.15, -0.1) is 0 Å². The molecule has 0 bridgehead atoms. The Hall–Kier alpha value is 1.30. The van der Waals surface area contributed by atoms with Gasteiger partial charge in [-0.05, 0) is 12.8 Å². The van der Waals surface area contributed by atoms with E-state index in [-0.39, 0.29) is 57.0 Å². The summed E-state index contributed by atoms with van der Waals surface area (Å²) in [5.74, 6) is -0.438. The Morgan fingerprint density at radius 1 is 0.765 bits per heavy atom. The minimum atomic E-state index is -3.94. The van der Waals surface area contributed by atoms with Crippen molar-refractivity contribution >= 4 is 65.7 Å². The van der Waals surface area contributed by atoms with Gasteiger partial charge in [0.05, 0.1) is 20.2 Å². The first kappa shape index (κ1) is 23.4. The minimum absolute atomic E-state index is 0. The first-order valence-corrected chi connectivity index (χ1v) is 8.15. The van der Waals surface area contributed by atoms with Crippen molar-refractivity contribution in [1.29, 1.82) is 0 Å². The molecular weight excluding hydrogens is 344 g/mol. The van der Waals surface area contributed by atoms with Crippen molar-refractivity contribution in [1.82, 2.24) is 0 Å². The third-order valence-electron chi connectivity index (χ3n) is 1.50. The van der Waals surface area contributed by atoms with Gasteiger partial charge in [-0.1, -0.05) is 26.7 Å². The summed E-state index contributed by atoms with van der Waals surface area (Å²) in [4.78, 5) is 0. The van der Waals surface area contributed by atoms with Gasteiger partial charge in [-0.25, -0.2) is 16.8 Å². The molecule has 0 aromatic carbocycles. The zero-order valence-electron chi connectivity index (χ0n) is 10.2. The molecular formula is C8H18O6S2Sr. The standard InChI is InChI=1S/2C4H10O3S.Sr/c2*1-2-3-4-8(5,6)7;/h2*2-4H2,1H3,(H,5,6,7);/q;;+2/p-2. The summed E-state index contributed by atoms with van der Waals surface area (Å²) < 4.78 is 59.0. The summed E-state index contributed by atoms with van der Waals surface area (Å²) in [6, 6.07) is 0. The Morgan fingerprint density at radius 2 is 1.00 bits per heavy atom. The predicted molar refractivity (Wildman–Crippen MR) is 64.7 cm³/mol. The van der Waals surface area contributed by atoms with E-state index < -0.39 is 20.2 Å². The summed E-state index contributed by atoms with van der Waals surface area (Å²) >= 11 is 0. The first-order chi connectivity index (χ1) is 7.12. The van der Waals surface area contributed by atoms with E-state index in [0.29, 0.717) is 12.8 Å². The molecule has 0 aromatic heterocycles. The monoisotopic (exact) mass is 362 g/mol. The van der Waals surface area contributed by atoms with Crippen LogP contribution in [-0.2, 0) is 20.2 Å². The van der Waals surface area contributed by atoms with E-state index in [0.717, 1.165) is 12.8 Å². The maximum Gasteiger partial charge on any atom is 2.00 e. The van der Waals surface area contributed by atoms with Crippen LogP contribution in [0.4, 0.5) is 0 Å². The Morgan fingerprint density at radius 3 is 1.06 bits per heavy atom. The normalized spacial score (nSPS) is 11.1. The van der Waals surface area contributed by atoms with Crippen LogP contribution in [0.2, 0.25) is 0 Å². The molecule has 0 saturated heterocycles. The second-order valence-corrected chi connectivity index (χ2v) is 6.28. The van der Waals surface area contributed by atoms with E-state index in [2.05, 4.69) is 0 Å². The molecule has 0 aliphatic carbocycles. The van der Waals surface area contributed by atoms with E-state index >= 15 is 0 Å². The van der Waals surface area contributed by atoms with Crippen molar-refractivity contribution in [2.24, 2.45) is 0 Å². The Balaban J connectivity index is -0.000000218. The summed E-state index contributed by atoms with van der Waals surface area (Å²) in [6.45, 7) is 3.68. The van der Waals surface area contributed by atoms with Gasteiger partial charge < -0.3 is 9.11 Å². The molecule has 0 heterocycles. The molecule has 0 saturated carbocycles. The number of hydrogen-bond acceptors (Lipinski definition) is 6. The number of hydrogen-bond donors (Lipinski definition) is 0. The minimum Gasteiger partial charge on any atom is -0.748 e. The van der Waals surface area contributed by atoms with Crippen LogP contribution in [0.25, 0.3) is 0 Å². The molecule has 9 heteroatoms. The predicted octanol–water partition coefficient (Wildman–Crippen LogP) is 0.283. The quantitative estimate of drug-likeness (QED) is 0.495. The molecule has 0 fully saturated rings. The maximum absolute atomic E-state index is 9.83. The average molecular weight is 362 g/mol. The Kier molecular flexibility index (Phi) is 17.0. The smallest absolute Gasteiger partial charge is 0.748 e. The largest absolute Gasteiger partial charge is 2.00 e. The van der Waals surface area contributed by atoms with Crippen LogP contribution in [0.1, 0.15) is 39.5 Å². The summed E-state index contributed by atoms with van der Waals surface area (Å²) in [7, 11) is -7.87. The van der Waals surface area contributed by atoms with Crippen molar-refractivity contribution in [2.75, 3.05) is 11.5 Å². The first-order valence-electron chi connectivity index (χ1n) is 4.99. The van der Waals surface area contributed by atoms with Crippen molar-refractivity contribution in [3.8, 4) is 0 Å². The van der Waals surface area contributed by atoms with E-state index in [9.17, 15) is 25.9 Å². The van der Waals surface area contributed by atoms with Crippen molar-refractivity contribution in [3.05, 3.63) is 0 Å². The second kappa shape index (κ2) is 12.3. The van der Waals surface area contributed by atoms with E-state index in [1.54, 1.807) is 0 Å². The van der Waals surface area contributed by atoms with Crippen LogP contribution in [0.3, 0.4) is 0 Å². The zero-order valence-corrected chi connectivity index (χ0v) is 15.3. The van der Waals surface area contributed by atoms with Gasteiger partial charge in [-0.2, -0.15) is 0 Å². The third-order valence-corrected chi connectivity index (χ3v) is 3.07. The van der Waals surface area contributed by atoms with Gasteiger partial charge in [0, 0.05) is 11.5 Å². The van der Waals surface area contributed by atoms with Gasteiger partial charge in [0.25, 0.3) is 0 Å². The second-order valence-electron chi connectivity index (χ2n) is 3.23. The van der Waals surface area contributed by atoms with Crippen molar-refractivity contribution in [3.63, 3.8) is 0 Å². The Labute approximate surface area is 141 Å². The summed E-state index contributed by atoms with van der Waals surface area (Å²) in [6.07, 6.45) is 2.46. The van der Waals surface area contributed by atoms with Crippen LogP contribution in [0.15, 0.2) is 0 Å². The molecule has 0 aromatic rings. The van der Waals surface area contributed by atoms with E-state index in [1.165, 1.54) is 0 Å². The molecule has 0 aliphatic rings. The van der Waals surface area contributed by atoms with E-state index in [4.69, 9.17) is 0 Å². The SMILES string of the molecule is CCCCS(=O)(=O)[O-].CCCCS(=O)(=O)[O-].[Sr+2]. The molecule has 0 unspecified atom stereocenters. The topological polar surface area (TPSA) is 114 Å². The van der Waals surface area contributed by atoms with Crippen molar-refractivity contribution < 1.29 is 25.9 Å². The van der Waals surface area contributed by atoms with Crippen molar-refractivity contribution in [2.45, 2.75) is 39.5 Å². The molecule has 0 amide bonds. The molecule has 0 spiro atoms. The molecule has 0 radical (unpaired) electrons. The fourth-order valence-corrected chi connectivity index (χ4v) is 1.93. The summed E-state index contributed by atoms with van der Waals surface area (Å²) in [5.41, 5.74) is 0. The number of rotatable bonds is 6. The molecule has 100 valence electrons. The molecule has 0 N–H and O–H groups in total.